The monoisotopic (exact) mass is 274 g/mol. The van der Waals surface area contributed by atoms with Crippen LogP contribution in [0.15, 0.2) is 35.4 Å². The normalized spacial score (nSPS) is 19.4. The van der Waals surface area contributed by atoms with Gasteiger partial charge in [0.1, 0.15) is 11.3 Å². The lowest BCUT2D eigenvalue weighted by Crippen LogP contribution is -2.62. The van der Waals surface area contributed by atoms with Crippen LogP contribution >= 0.6 is 0 Å². The Kier molecular flexibility index (Phi) is 4.02. The van der Waals surface area contributed by atoms with Gasteiger partial charge in [-0.1, -0.05) is 32.0 Å². The van der Waals surface area contributed by atoms with Crippen LogP contribution in [-0.2, 0) is 4.79 Å². The maximum atomic E-state index is 12.1. The topological polar surface area (TPSA) is 82.6 Å². The Labute approximate surface area is 117 Å². The number of urea groups is 1. The first-order valence-electron chi connectivity index (χ1n) is 6.64. The molecule has 6 heteroatoms. The number of hydrogen-bond donors (Lipinski definition) is 3. The third-order valence-electron chi connectivity index (χ3n) is 3.62. The second kappa shape index (κ2) is 5.73. The highest BCUT2D eigenvalue weighted by Crippen LogP contribution is 2.29. The molecule has 0 spiro atoms. The first kappa shape index (κ1) is 14.0. The maximum absolute atomic E-state index is 12.1. The molecule has 0 bridgehead atoms. The van der Waals surface area contributed by atoms with Gasteiger partial charge in [0.05, 0.1) is 5.69 Å². The molecule has 1 aromatic rings. The molecule has 0 unspecified atom stereocenters. The van der Waals surface area contributed by atoms with Crippen LogP contribution in [-0.4, -0.2) is 17.8 Å². The first-order valence-corrected chi connectivity index (χ1v) is 6.64. The molecule has 1 fully saturated rings. The molecule has 0 aliphatic carbocycles. The second-order valence-electron chi connectivity index (χ2n) is 4.64. The number of carbonyl (C=O) groups excluding carboxylic acids is 2. The van der Waals surface area contributed by atoms with Crippen molar-refractivity contribution in [2.24, 2.45) is 10.5 Å². The van der Waals surface area contributed by atoms with E-state index < -0.39 is 11.4 Å². The molecule has 0 radical (unpaired) electrons. The van der Waals surface area contributed by atoms with Gasteiger partial charge in [0.25, 0.3) is 0 Å². The molecule has 3 amide bonds. The molecule has 1 aliphatic rings. The fraction of sp³-hybridized carbons (Fsp3) is 0.357. The van der Waals surface area contributed by atoms with Gasteiger partial charge in [-0.2, -0.15) is 5.10 Å². The van der Waals surface area contributed by atoms with Crippen molar-refractivity contribution >= 4 is 23.5 Å². The van der Waals surface area contributed by atoms with Gasteiger partial charge in [0, 0.05) is 0 Å². The number of imide groups is 1. The number of nitrogens with one attached hydrogen (secondary N) is 3. The van der Waals surface area contributed by atoms with Crippen LogP contribution in [0.5, 0.6) is 0 Å². The highest BCUT2D eigenvalue weighted by atomic mass is 16.2. The van der Waals surface area contributed by atoms with Gasteiger partial charge in [-0.3, -0.25) is 20.9 Å². The predicted molar refractivity (Wildman–Crippen MR) is 77.2 cm³/mol. The Morgan fingerprint density at radius 1 is 1.10 bits per heavy atom. The molecule has 0 aromatic heterocycles. The summed E-state index contributed by atoms with van der Waals surface area (Å²) < 4.78 is 0. The quantitative estimate of drug-likeness (QED) is 0.735. The highest BCUT2D eigenvalue weighted by Gasteiger charge is 2.45. The molecule has 3 N–H and O–H groups in total. The zero-order chi connectivity index (χ0) is 14.6. The predicted octanol–water partition coefficient (Wildman–Crippen LogP) is 2.06. The Morgan fingerprint density at radius 2 is 1.75 bits per heavy atom. The third-order valence-corrected chi connectivity index (χ3v) is 3.62. The fourth-order valence-corrected chi connectivity index (χ4v) is 2.26. The van der Waals surface area contributed by atoms with E-state index in [2.05, 4.69) is 21.2 Å². The number of amides is 3. The van der Waals surface area contributed by atoms with E-state index in [4.69, 9.17) is 0 Å². The summed E-state index contributed by atoms with van der Waals surface area (Å²) in [5, 5.41) is 9.15. The van der Waals surface area contributed by atoms with Gasteiger partial charge in [0.15, 0.2) is 0 Å². The average molecular weight is 274 g/mol. The van der Waals surface area contributed by atoms with E-state index in [9.17, 15) is 9.59 Å². The van der Waals surface area contributed by atoms with Crippen LogP contribution in [0.1, 0.15) is 26.7 Å². The lowest BCUT2D eigenvalue weighted by Gasteiger charge is -2.34. The van der Waals surface area contributed by atoms with Gasteiger partial charge >= 0.3 is 6.03 Å². The fourth-order valence-electron chi connectivity index (χ4n) is 2.26. The summed E-state index contributed by atoms with van der Waals surface area (Å²) in [6, 6.07) is 8.82. The molecule has 2 rings (SSSR count). The Bertz CT molecular complexity index is 535. The standard InChI is InChI=1S/C14H18N4O2/c1-3-14(4-2)11(15-13(20)16-12(14)19)18-17-10-8-6-5-7-9-10/h5-9,17H,3-4H2,1-2H3,(H2,15,16,18,19,20). The zero-order valence-electron chi connectivity index (χ0n) is 11.6. The summed E-state index contributed by atoms with van der Waals surface area (Å²) in [6.45, 7) is 3.80. The largest absolute Gasteiger partial charge is 0.326 e. The second-order valence-corrected chi connectivity index (χ2v) is 4.64. The van der Waals surface area contributed by atoms with Crippen molar-refractivity contribution in [3.63, 3.8) is 0 Å². The Balaban J connectivity index is 2.29. The number of hydrazone groups is 1. The minimum absolute atomic E-state index is 0.306. The number of anilines is 1. The van der Waals surface area contributed by atoms with Crippen LogP contribution in [0, 0.1) is 5.41 Å². The van der Waals surface area contributed by atoms with Crippen molar-refractivity contribution in [1.29, 1.82) is 0 Å². The molecular formula is C14H18N4O2. The van der Waals surface area contributed by atoms with Crippen LogP contribution in [0.3, 0.4) is 0 Å². The first-order chi connectivity index (χ1) is 9.62. The molecule has 1 heterocycles. The molecule has 106 valence electrons. The third kappa shape index (κ3) is 2.49. The summed E-state index contributed by atoms with van der Waals surface area (Å²) in [6.07, 6.45) is 1.12. The van der Waals surface area contributed by atoms with Gasteiger partial charge in [0.2, 0.25) is 5.91 Å². The van der Waals surface area contributed by atoms with Gasteiger partial charge in [-0.15, -0.1) is 0 Å². The number of para-hydroxylation sites is 1. The number of carbonyl (C=O) groups is 2. The van der Waals surface area contributed by atoms with Crippen molar-refractivity contribution in [1.82, 2.24) is 10.6 Å². The van der Waals surface area contributed by atoms with Crippen molar-refractivity contribution in [3.8, 4) is 0 Å². The minimum Gasteiger partial charge on any atom is -0.293 e. The summed E-state index contributed by atoms with van der Waals surface area (Å²) in [7, 11) is 0. The van der Waals surface area contributed by atoms with Crippen molar-refractivity contribution in [2.45, 2.75) is 26.7 Å². The van der Waals surface area contributed by atoms with Crippen LogP contribution < -0.4 is 16.1 Å². The molecular weight excluding hydrogens is 256 g/mol. The van der Waals surface area contributed by atoms with E-state index in [1.807, 2.05) is 44.2 Å². The van der Waals surface area contributed by atoms with Crippen LogP contribution in [0.2, 0.25) is 0 Å². The SMILES string of the molecule is CCC1(CC)C(=O)NC(=O)NC1=NNc1ccccc1. The lowest BCUT2D eigenvalue weighted by atomic mass is 9.79. The van der Waals surface area contributed by atoms with E-state index in [-0.39, 0.29) is 5.91 Å². The van der Waals surface area contributed by atoms with E-state index in [1.165, 1.54) is 0 Å². The minimum atomic E-state index is -0.796. The lowest BCUT2D eigenvalue weighted by molar-refractivity contribution is -0.127. The number of amidine groups is 1. The highest BCUT2D eigenvalue weighted by molar-refractivity contribution is 6.21. The zero-order valence-corrected chi connectivity index (χ0v) is 11.6. The molecule has 0 atom stereocenters. The van der Waals surface area contributed by atoms with Gasteiger partial charge in [-0.05, 0) is 25.0 Å². The van der Waals surface area contributed by atoms with Gasteiger partial charge in [-0.25, -0.2) is 4.79 Å². The van der Waals surface area contributed by atoms with Crippen molar-refractivity contribution in [3.05, 3.63) is 30.3 Å². The van der Waals surface area contributed by atoms with Crippen molar-refractivity contribution < 1.29 is 9.59 Å². The van der Waals surface area contributed by atoms with E-state index in [1.54, 1.807) is 0 Å². The number of rotatable bonds is 4. The van der Waals surface area contributed by atoms with Gasteiger partial charge < -0.3 is 0 Å². The molecule has 1 aliphatic heterocycles. The Morgan fingerprint density at radius 3 is 2.35 bits per heavy atom. The summed E-state index contributed by atoms with van der Waals surface area (Å²) in [4.78, 5) is 23.6. The number of hydrogen-bond acceptors (Lipinski definition) is 4. The van der Waals surface area contributed by atoms with E-state index in [0.717, 1.165) is 5.69 Å². The van der Waals surface area contributed by atoms with E-state index >= 15 is 0 Å². The molecule has 1 aromatic carbocycles. The molecule has 1 saturated heterocycles. The smallest absolute Gasteiger partial charge is 0.293 e. The maximum Gasteiger partial charge on any atom is 0.326 e. The summed E-state index contributed by atoms with van der Waals surface area (Å²) in [5.41, 5.74) is 2.87. The molecule has 6 nitrogen and oxygen atoms in total. The van der Waals surface area contributed by atoms with E-state index in [0.29, 0.717) is 18.7 Å². The Hall–Kier alpha value is -2.37. The van der Waals surface area contributed by atoms with Crippen molar-refractivity contribution in [2.75, 3.05) is 5.43 Å². The number of nitrogens with zero attached hydrogens (tertiary/aromatic N) is 1. The molecule has 0 saturated carbocycles. The molecule has 20 heavy (non-hydrogen) atoms. The number of benzene rings is 1. The van der Waals surface area contributed by atoms with Crippen LogP contribution in [0.25, 0.3) is 0 Å². The average Bonchev–Trinajstić information content (AvgIpc) is 2.46. The van der Waals surface area contributed by atoms with Crippen LogP contribution in [0.4, 0.5) is 10.5 Å². The summed E-state index contributed by atoms with van der Waals surface area (Å²) in [5.74, 6) is 0.0555. The summed E-state index contributed by atoms with van der Waals surface area (Å²) >= 11 is 0.